The van der Waals surface area contributed by atoms with Crippen molar-refractivity contribution in [2.24, 2.45) is 0 Å². The number of amides is 2. The predicted octanol–water partition coefficient (Wildman–Crippen LogP) is 3.48. The third kappa shape index (κ3) is 3.74. The molecule has 1 aliphatic heterocycles. The second-order valence-electron chi connectivity index (χ2n) is 6.15. The van der Waals surface area contributed by atoms with Crippen molar-refractivity contribution in [3.05, 3.63) is 47.0 Å². The topological polar surface area (TPSA) is 89.6 Å². The lowest BCUT2D eigenvalue weighted by atomic mass is 10.2. The van der Waals surface area contributed by atoms with Crippen molar-refractivity contribution in [1.82, 2.24) is 10.3 Å². The van der Waals surface area contributed by atoms with Crippen molar-refractivity contribution in [1.29, 1.82) is 0 Å². The van der Waals surface area contributed by atoms with Gasteiger partial charge in [0, 0.05) is 12.1 Å². The Morgan fingerprint density at radius 3 is 2.64 bits per heavy atom. The van der Waals surface area contributed by atoms with Gasteiger partial charge in [0.05, 0.1) is 20.8 Å². The number of nitrogens with one attached hydrogen (secondary N) is 2. The first-order valence-electron chi connectivity index (χ1n) is 8.58. The fourth-order valence-corrected chi connectivity index (χ4v) is 3.82. The number of carbonyl (C=O) groups excluding carboxylic acids is 2. The highest BCUT2D eigenvalue weighted by Crippen LogP contribution is 2.37. The molecule has 4 rings (SSSR count). The first kappa shape index (κ1) is 18.5. The van der Waals surface area contributed by atoms with Crippen LogP contribution in [0.25, 0.3) is 10.2 Å². The van der Waals surface area contributed by atoms with Crippen molar-refractivity contribution >= 4 is 50.1 Å². The van der Waals surface area contributed by atoms with Gasteiger partial charge in [-0.3, -0.25) is 9.59 Å². The lowest BCUT2D eigenvalue weighted by Gasteiger charge is -2.17. The van der Waals surface area contributed by atoms with Crippen LogP contribution < -0.4 is 20.1 Å². The zero-order valence-electron chi connectivity index (χ0n) is 14.8. The van der Waals surface area contributed by atoms with Crippen LogP contribution in [0, 0.1) is 0 Å². The second kappa shape index (κ2) is 7.65. The molecule has 2 N–H and O–H groups in total. The highest BCUT2D eigenvalue weighted by molar-refractivity contribution is 7.22. The number of rotatable bonds is 4. The van der Waals surface area contributed by atoms with Crippen LogP contribution in [-0.2, 0) is 4.79 Å². The van der Waals surface area contributed by atoms with Crippen LogP contribution in [0.1, 0.15) is 17.3 Å². The van der Waals surface area contributed by atoms with E-state index in [1.165, 1.54) is 11.3 Å². The number of fused-ring (bicyclic) bond motifs is 2. The number of anilines is 1. The molecule has 28 heavy (non-hydrogen) atoms. The van der Waals surface area contributed by atoms with E-state index in [1.54, 1.807) is 37.3 Å². The van der Waals surface area contributed by atoms with Crippen molar-refractivity contribution in [2.45, 2.75) is 13.0 Å². The molecule has 0 radical (unpaired) electrons. The summed E-state index contributed by atoms with van der Waals surface area (Å²) in [5, 5.41) is 6.13. The first-order valence-corrected chi connectivity index (χ1v) is 9.77. The van der Waals surface area contributed by atoms with Crippen LogP contribution in [0.4, 0.5) is 5.13 Å². The molecule has 3 aromatic rings. The van der Waals surface area contributed by atoms with Crippen molar-refractivity contribution in [2.75, 3.05) is 18.5 Å². The Kier molecular flexibility index (Phi) is 5.06. The number of hydrogen-bond acceptors (Lipinski definition) is 6. The summed E-state index contributed by atoms with van der Waals surface area (Å²) < 4.78 is 12.0. The van der Waals surface area contributed by atoms with E-state index in [9.17, 15) is 9.59 Å². The Morgan fingerprint density at radius 2 is 1.89 bits per heavy atom. The molecule has 144 valence electrons. The molecule has 2 heterocycles. The molecule has 0 saturated carbocycles. The van der Waals surface area contributed by atoms with Gasteiger partial charge in [0.15, 0.2) is 16.6 Å². The van der Waals surface area contributed by atoms with Crippen molar-refractivity contribution in [3.63, 3.8) is 0 Å². The summed E-state index contributed by atoms with van der Waals surface area (Å²) in [4.78, 5) is 29.2. The Hall–Kier alpha value is -2.84. The minimum absolute atomic E-state index is 0.314. The number of benzene rings is 2. The van der Waals surface area contributed by atoms with Gasteiger partial charge in [-0.25, -0.2) is 4.98 Å². The summed E-state index contributed by atoms with van der Waals surface area (Å²) in [5.74, 6) is 0.513. The summed E-state index contributed by atoms with van der Waals surface area (Å²) >= 11 is 7.34. The summed E-state index contributed by atoms with van der Waals surface area (Å²) in [7, 11) is 0. The van der Waals surface area contributed by atoms with Gasteiger partial charge in [-0.15, -0.1) is 0 Å². The van der Waals surface area contributed by atoms with E-state index in [0.717, 1.165) is 4.70 Å². The molecule has 0 bridgehead atoms. The number of thiazole rings is 1. The van der Waals surface area contributed by atoms with E-state index < -0.39 is 11.9 Å². The zero-order chi connectivity index (χ0) is 19.7. The Labute approximate surface area is 169 Å². The normalized spacial score (nSPS) is 13.8. The standard InChI is InChI=1S/C19H16ClN3O4S/c1-10(21-18(25)11-4-2-3-5-12(11)20)17(24)23-19-22-13-8-14-15(9-16(13)28-19)27-7-6-26-14/h2-5,8-10H,6-7H2,1H3,(H,21,25)(H,22,23,24)/t10-/m1/s1. The fourth-order valence-electron chi connectivity index (χ4n) is 2.72. The molecule has 7 nitrogen and oxygen atoms in total. The average Bonchev–Trinajstić information content (AvgIpc) is 3.07. The number of halogens is 1. The third-order valence-corrected chi connectivity index (χ3v) is 5.41. The molecule has 1 atom stereocenters. The van der Waals surface area contributed by atoms with E-state index in [1.807, 2.05) is 6.07 Å². The minimum atomic E-state index is -0.768. The van der Waals surface area contributed by atoms with E-state index >= 15 is 0 Å². The highest BCUT2D eigenvalue weighted by atomic mass is 35.5. The first-order chi connectivity index (χ1) is 13.5. The maximum absolute atomic E-state index is 12.5. The molecule has 0 aliphatic carbocycles. The van der Waals surface area contributed by atoms with Crippen molar-refractivity contribution in [3.8, 4) is 11.5 Å². The van der Waals surface area contributed by atoms with E-state index in [4.69, 9.17) is 21.1 Å². The SMILES string of the molecule is C[C@@H](NC(=O)c1ccccc1Cl)C(=O)Nc1nc2cc3c(cc2s1)OCCO3. The quantitative estimate of drug-likeness (QED) is 0.678. The molecule has 0 saturated heterocycles. The Bertz CT molecular complexity index is 1030. The highest BCUT2D eigenvalue weighted by Gasteiger charge is 2.20. The summed E-state index contributed by atoms with van der Waals surface area (Å²) in [6, 6.07) is 9.53. The largest absolute Gasteiger partial charge is 0.486 e. The molecule has 0 spiro atoms. The lowest BCUT2D eigenvalue weighted by Crippen LogP contribution is -2.41. The summed E-state index contributed by atoms with van der Waals surface area (Å²) in [6.07, 6.45) is 0. The van der Waals surface area contributed by atoms with Gasteiger partial charge < -0.3 is 20.1 Å². The second-order valence-corrected chi connectivity index (χ2v) is 7.58. The predicted molar refractivity (Wildman–Crippen MR) is 108 cm³/mol. The Balaban J connectivity index is 1.45. The van der Waals surface area contributed by atoms with Crippen LogP contribution in [0.2, 0.25) is 5.02 Å². The van der Waals surface area contributed by atoms with Gasteiger partial charge in [-0.1, -0.05) is 35.1 Å². The van der Waals surface area contributed by atoms with Gasteiger partial charge in [0.25, 0.3) is 5.91 Å². The molecule has 1 aliphatic rings. The molecule has 0 unspecified atom stereocenters. The van der Waals surface area contributed by atoms with Gasteiger partial charge in [-0.05, 0) is 19.1 Å². The molecule has 9 heteroatoms. The summed E-state index contributed by atoms with van der Waals surface area (Å²) in [6.45, 7) is 2.59. The van der Waals surface area contributed by atoms with Crippen LogP contribution in [-0.4, -0.2) is 36.1 Å². The maximum Gasteiger partial charge on any atom is 0.253 e. The number of nitrogens with zero attached hydrogens (tertiary/aromatic N) is 1. The van der Waals surface area contributed by atoms with Gasteiger partial charge in [-0.2, -0.15) is 0 Å². The molecular weight excluding hydrogens is 402 g/mol. The van der Waals surface area contributed by atoms with E-state index in [0.29, 0.717) is 45.9 Å². The van der Waals surface area contributed by atoms with Crippen LogP contribution in [0.15, 0.2) is 36.4 Å². The lowest BCUT2D eigenvalue weighted by molar-refractivity contribution is -0.117. The van der Waals surface area contributed by atoms with Gasteiger partial charge in [0.2, 0.25) is 5.91 Å². The molecule has 0 fully saturated rings. The minimum Gasteiger partial charge on any atom is -0.486 e. The molecule has 2 aromatic carbocycles. The molecule has 2 amide bonds. The fraction of sp³-hybridized carbons (Fsp3) is 0.211. The van der Waals surface area contributed by atoms with Crippen LogP contribution in [0.3, 0.4) is 0 Å². The van der Waals surface area contributed by atoms with E-state index in [2.05, 4.69) is 15.6 Å². The summed E-state index contributed by atoms with van der Waals surface area (Å²) in [5.41, 5.74) is 1.02. The average molecular weight is 418 g/mol. The zero-order valence-corrected chi connectivity index (χ0v) is 16.4. The van der Waals surface area contributed by atoms with E-state index in [-0.39, 0.29) is 5.91 Å². The van der Waals surface area contributed by atoms with Crippen LogP contribution >= 0.6 is 22.9 Å². The smallest absolute Gasteiger partial charge is 0.253 e. The van der Waals surface area contributed by atoms with Crippen molar-refractivity contribution < 1.29 is 19.1 Å². The maximum atomic E-state index is 12.5. The Morgan fingerprint density at radius 1 is 1.18 bits per heavy atom. The van der Waals surface area contributed by atoms with Crippen LogP contribution in [0.5, 0.6) is 11.5 Å². The number of hydrogen-bond donors (Lipinski definition) is 2. The number of ether oxygens (including phenoxy) is 2. The number of aromatic nitrogens is 1. The molecular formula is C19H16ClN3O4S. The number of carbonyl (C=O) groups is 2. The molecule has 1 aromatic heterocycles. The van der Waals surface area contributed by atoms with Gasteiger partial charge in [0.1, 0.15) is 19.3 Å². The third-order valence-electron chi connectivity index (χ3n) is 4.14. The monoisotopic (exact) mass is 417 g/mol. The van der Waals surface area contributed by atoms with Gasteiger partial charge >= 0.3 is 0 Å².